The van der Waals surface area contributed by atoms with Crippen LogP contribution in [0.25, 0.3) is 0 Å². The van der Waals surface area contributed by atoms with E-state index < -0.39 is 0 Å². The van der Waals surface area contributed by atoms with E-state index in [0.29, 0.717) is 0 Å². The maximum absolute atomic E-state index is 6.18. The molecule has 0 amide bonds. The van der Waals surface area contributed by atoms with Gasteiger partial charge in [0.2, 0.25) is 0 Å². The molecule has 2 aliphatic rings. The number of benzene rings is 1. The maximum Gasteiger partial charge on any atom is 0.119 e. The average molecular weight is 290 g/mol. The van der Waals surface area contributed by atoms with Crippen LogP contribution in [0.2, 0.25) is 0 Å². The summed E-state index contributed by atoms with van der Waals surface area (Å²) in [7, 11) is 3.92. The molecule has 3 rings (SSSR count). The average Bonchev–Trinajstić information content (AvgIpc) is 2.47. The summed E-state index contributed by atoms with van der Waals surface area (Å²) in [6, 6.07) is 8.38. The first-order chi connectivity index (χ1) is 10.2. The fraction of sp³-hybridized carbons (Fsp3) is 0.647. The van der Waals surface area contributed by atoms with E-state index in [0.717, 1.165) is 45.1 Å². The van der Waals surface area contributed by atoms with Crippen molar-refractivity contribution in [2.24, 2.45) is 0 Å². The van der Waals surface area contributed by atoms with E-state index in [-0.39, 0.29) is 5.60 Å². The maximum atomic E-state index is 6.18. The van der Waals surface area contributed by atoms with Gasteiger partial charge in [0.15, 0.2) is 0 Å². The standard InChI is InChI=1S/C17H26N2O2/c1-18-9-10-21-17(13-18)7-4-8-19(14-17)12-15-5-3-6-16(11-15)20-2/h3,5-6,11H,4,7-10,12-14H2,1-2H3. The van der Waals surface area contributed by atoms with Crippen LogP contribution < -0.4 is 4.74 Å². The zero-order valence-electron chi connectivity index (χ0n) is 13.2. The van der Waals surface area contributed by atoms with Crippen LogP contribution in [0.15, 0.2) is 24.3 Å². The van der Waals surface area contributed by atoms with Crippen LogP contribution in [-0.4, -0.2) is 62.3 Å². The van der Waals surface area contributed by atoms with Crippen molar-refractivity contribution in [1.82, 2.24) is 9.80 Å². The van der Waals surface area contributed by atoms with Crippen LogP contribution in [0.1, 0.15) is 18.4 Å². The Morgan fingerprint density at radius 1 is 1.29 bits per heavy atom. The smallest absolute Gasteiger partial charge is 0.119 e. The highest BCUT2D eigenvalue weighted by Gasteiger charge is 2.39. The summed E-state index contributed by atoms with van der Waals surface area (Å²) >= 11 is 0. The second kappa shape index (κ2) is 6.34. The van der Waals surface area contributed by atoms with Crippen LogP contribution in [0, 0.1) is 0 Å². The van der Waals surface area contributed by atoms with Crippen molar-refractivity contribution in [2.45, 2.75) is 25.0 Å². The minimum atomic E-state index is 0.0458. The predicted molar refractivity (Wildman–Crippen MR) is 83.7 cm³/mol. The van der Waals surface area contributed by atoms with Crippen LogP contribution in [0.5, 0.6) is 5.75 Å². The molecule has 21 heavy (non-hydrogen) atoms. The van der Waals surface area contributed by atoms with E-state index in [4.69, 9.17) is 9.47 Å². The third-order valence-corrected chi connectivity index (χ3v) is 4.60. The molecule has 0 bridgehead atoms. The molecule has 2 saturated heterocycles. The van der Waals surface area contributed by atoms with Gasteiger partial charge in [0.05, 0.1) is 19.3 Å². The molecule has 0 N–H and O–H groups in total. The first kappa shape index (κ1) is 14.8. The van der Waals surface area contributed by atoms with E-state index in [1.165, 1.54) is 18.4 Å². The fourth-order valence-corrected chi connectivity index (χ4v) is 3.64. The van der Waals surface area contributed by atoms with Gasteiger partial charge >= 0.3 is 0 Å². The van der Waals surface area contributed by atoms with Crippen molar-refractivity contribution in [1.29, 1.82) is 0 Å². The van der Waals surface area contributed by atoms with E-state index in [9.17, 15) is 0 Å². The summed E-state index contributed by atoms with van der Waals surface area (Å²) in [6.45, 7) is 6.15. The van der Waals surface area contributed by atoms with Gasteiger partial charge in [0.1, 0.15) is 5.75 Å². The number of methoxy groups -OCH3 is 1. The van der Waals surface area contributed by atoms with Gasteiger partial charge in [-0.3, -0.25) is 4.90 Å². The second-order valence-electron chi connectivity index (χ2n) is 6.43. The molecule has 1 unspecified atom stereocenters. The van der Waals surface area contributed by atoms with Crippen LogP contribution in [-0.2, 0) is 11.3 Å². The number of hydrogen-bond donors (Lipinski definition) is 0. The quantitative estimate of drug-likeness (QED) is 0.850. The Kier molecular flexibility index (Phi) is 4.48. The molecule has 1 aromatic carbocycles. The van der Waals surface area contributed by atoms with Crippen molar-refractivity contribution >= 4 is 0 Å². The lowest BCUT2D eigenvalue weighted by Gasteiger charge is -2.47. The number of piperidine rings is 1. The molecule has 0 aromatic heterocycles. The lowest BCUT2D eigenvalue weighted by atomic mass is 9.90. The molecule has 0 aliphatic carbocycles. The minimum Gasteiger partial charge on any atom is -0.497 e. The fourth-order valence-electron chi connectivity index (χ4n) is 3.64. The van der Waals surface area contributed by atoms with E-state index >= 15 is 0 Å². The van der Waals surface area contributed by atoms with Crippen LogP contribution >= 0.6 is 0 Å². The number of likely N-dealkylation sites (tertiary alicyclic amines) is 1. The Labute approximate surface area is 127 Å². The minimum absolute atomic E-state index is 0.0458. The summed E-state index contributed by atoms with van der Waals surface area (Å²) in [5.74, 6) is 0.938. The SMILES string of the molecule is COc1cccc(CN2CCCC3(CN(C)CCO3)C2)c1. The Morgan fingerprint density at radius 3 is 3.00 bits per heavy atom. The van der Waals surface area contributed by atoms with Gasteiger partial charge in [-0.05, 0) is 44.1 Å². The molecule has 4 heteroatoms. The van der Waals surface area contributed by atoms with Gasteiger partial charge in [-0.1, -0.05) is 12.1 Å². The Hall–Kier alpha value is -1.10. The second-order valence-corrected chi connectivity index (χ2v) is 6.43. The molecular formula is C17H26N2O2. The normalized spacial score (nSPS) is 27.9. The van der Waals surface area contributed by atoms with E-state index in [1.807, 2.05) is 6.07 Å². The highest BCUT2D eigenvalue weighted by Crippen LogP contribution is 2.29. The Bertz CT molecular complexity index is 476. The van der Waals surface area contributed by atoms with Gasteiger partial charge < -0.3 is 14.4 Å². The summed E-state index contributed by atoms with van der Waals surface area (Å²) in [4.78, 5) is 4.93. The Balaban J connectivity index is 1.65. The van der Waals surface area contributed by atoms with Gasteiger partial charge in [-0.25, -0.2) is 0 Å². The third-order valence-electron chi connectivity index (χ3n) is 4.60. The predicted octanol–water partition coefficient (Wildman–Crippen LogP) is 1.99. The van der Waals surface area contributed by atoms with Crippen molar-refractivity contribution in [2.75, 3.05) is 46.9 Å². The first-order valence-electron chi connectivity index (χ1n) is 7.87. The summed E-state index contributed by atoms with van der Waals surface area (Å²) in [6.07, 6.45) is 2.41. The first-order valence-corrected chi connectivity index (χ1v) is 7.87. The molecule has 116 valence electrons. The van der Waals surface area contributed by atoms with Gasteiger partial charge in [0, 0.05) is 26.2 Å². The topological polar surface area (TPSA) is 24.9 Å². The van der Waals surface area contributed by atoms with Crippen LogP contribution in [0.4, 0.5) is 0 Å². The Morgan fingerprint density at radius 2 is 2.19 bits per heavy atom. The van der Waals surface area contributed by atoms with Crippen molar-refractivity contribution in [3.05, 3.63) is 29.8 Å². The van der Waals surface area contributed by atoms with Gasteiger partial charge in [-0.15, -0.1) is 0 Å². The lowest BCUT2D eigenvalue weighted by Crippen LogP contribution is -2.58. The zero-order chi connectivity index (χ0) is 14.7. The van der Waals surface area contributed by atoms with Crippen LogP contribution in [0.3, 0.4) is 0 Å². The molecule has 4 nitrogen and oxygen atoms in total. The molecule has 0 saturated carbocycles. The summed E-state index contributed by atoms with van der Waals surface area (Å²) in [5.41, 5.74) is 1.36. The molecule has 2 heterocycles. The van der Waals surface area contributed by atoms with Crippen molar-refractivity contribution in [3.8, 4) is 5.75 Å². The molecule has 1 aromatic rings. The molecule has 0 radical (unpaired) electrons. The number of ether oxygens (including phenoxy) is 2. The van der Waals surface area contributed by atoms with E-state index in [2.05, 4.69) is 35.0 Å². The molecule has 1 spiro atoms. The van der Waals surface area contributed by atoms with Gasteiger partial charge in [-0.2, -0.15) is 0 Å². The molecule has 2 fully saturated rings. The largest absolute Gasteiger partial charge is 0.497 e. The zero-order valence-corrected chi connectivity index (χ0v) is 13.2. The monoisotopic (exact) mass is 290 g/mol. The van der Waals surface area contributed by atoms with E-state index in [1.54, 1.807) is 7.11 Å². The molecule has 1 atom stereocenters. The molecular weight excluding hydrogens is 264 g/mol. The number of hydrogen-bond acceptors (Lipinski definition) is 4. The highest BCUT2D eigenvalue weighted by molar-refractivity contribution is 5.28. The summed E-state index contributed by atoms with van der Waals surface area (Å²) < 4.78 is 11.5. The number of likely N-dealkylation sites (N-methyl/N-ethyl adjacent to an activating group) is 1. The summed E-state index contributed by atoms with van der Waals surface area (Å²) in [5, 5.41) is 0. The molecule has 2 aliphatic heterocycles. The number of nitrogens with zero attached hydrogens (tertiary/aromatic N) is 2. The lowest BCUT2D eigenvalue weighted by molar-refractivity contribution is -0.136. The van der Waals surface area contributed by atoms with Gasteiger partial charge in [0.25, 0.3) is 0 Å². The third kappa shape index (κ3) is 3.57. The van der Waals surface area contributed by atoms with Crippen molar-refractivity contribution < 1.29 is 9.47 Å². The number of morpholine rings is 1. The highest BCUT2D eigenvalue weighted by atomic mass is 16.5. The number of rotatable bonds is 3. The van der Waals surface area contributed by atoms with Crippen molar-refractivity contribution in [3.63, 3.8) is 0 Å².